The molecule has 0 aromatic heterocycles. The van der Waals surface area contributed by atoms with E-state index in [9.17, 15) is 44.1 Å². The maximum Gasteiger partial charge on any atom is 0.317 e. The number of unbranched alkanes of at least 4 members (excludes halogenated alkanes) is 2. The molecule has 2 saturated heterocycles. The van der Waals surface area contributed by atoms with Gasteiger partial charge in [-0.25, -0.2) is 0 Å². The van der Waals surface area contributed by atoms with Gasteiger partial charge in [0.25, 0.3) is 0 Å². The molecule has 324 valence electrons. The smallest absolute Gasteiger partial charge is 0.317 e. The predicted octanol–water partition coefficient (Wildman–Crippen LogP) is 1.50. The molecule has 2 rings (SSSR count). The van der Waals surface area contributed by atoms with Crippen molar-refractivity contribution in [1.82, 2.24) is 35.1 Å². The van der Waals surface area contributed by atoms with Crippen LogP contribution in [0.25, 0.3) is 0 Å². The molecule has 0 spiro atoms. The van der Waals surface area contributed by atoms with E-state index in [2.05, 4.69) is 17.6 Å². The molecular formula is C39H73N7O10. The number of carboxylic acids is 3. The van der Waals surface area contributed by atoms with Crippen molar-refractivity contribution < 1.29 is 48.8 Å². The highest BCUT2D eigenvalue weighted by Gasteiger charge is 2.41. The highest BCUT2D eigenvalue weighted by atomic mass is 16.5. The maximum absolute atomic E-state index is 13.5. The van der Waals surface area contributed by atoms with Crippen molar-refractivity contribution in [2.75, 3.05) is 98.7 Å². The van der Waals surface area contributed by atoms with E-state index < -0.39 is 23.4 Å². The molecule has 0 saturated carbocycles. The minimum absolute atomic E-state index is 0.00104. The van der Waals surface area contributed by atoms with Gasteiger partial charge in [-0.3, -0.25) is 48.4 Å². The normalized spacial score (nSPS) is 18.2. The molecule has 2 fully saturated rings. The van der Waals surface area contributed by atoms with Gasteiger partial charge in [-0.1, -0.05) is 54.4 Å². The monoisotopic (exact) mass is 800 g/mol. The summed E-state index contributed by atoms with van der Waals surface area (Å²) in [6, 6.07) is -0.197. The fourth-order valence-corrected chi connectivity index (χ4v) is 7.00. The van der Waals surface area contributed by atoms with Crippen molar-refractivity contribution in [1.29, 1.82) is 0 Å². The molecule has 56 heavy (non-hydrogen) atoms. The molecule has 0 aliphatic carbocycles. The van der Waals surface area contributed by atoms with Crippen LogP contribution >= 0.6 is 0 Å². The number of carbonyl (C=O) groups is 6. The molecule has 0 aromatic rings. The molecule has 0 bridgehead atoms. The zero-order valence-electron chi connectivity index (χ0n) is 35.4. The van der Waals surface area contributed by atoms with Gasteiger partial charge in [0, 0.05) is 77.0 Å². The summed E-state index contributed by atoms with van der Waals surface area (Å²) >= 11 is 0. The second kappa shape index (κ2) is 25.8. The molecule has 3 amide bonds. The third-order valence-corrected chi connectivity index (χ3v) is 9.98. The van der Waals surface area contributed by atoms with E-state index in [0.717, 1.165) is 12.8 Å². The van der Waals surface area contributed by atoms with Crippen LogP contribution in [0, 0.1) is 5.41 Å². The number of hydrogen-bond donors (Lipinski definition) is 5. The Labute approximate surface area is 334 Å². The number of nitrogens with zero attached hydrogens (tertiary/aromatic N) is 5. The number of carboxylic acid groups (broad SMARTS) is 3. The summed E-state index contributed by atoms with van der Waals surface area (Å²) < 4.78 is 5.75. The van der Waals surface area contributed by atoms with Crippen molar-refractivity contribution in [3.63, 3.8) is 0 Å². The van der Waals surface area contributed by atoms with E-state index in [0.29, 0.717) is 71.6 Å². The predicted molar refractivity (Wildman–Crippen MR) is 213 cm³/mol. The molecule has 17 nitrogen and oxygen atoms in total. The molecule has 5 N–H and O–H groups in total. The van der Waals surface area contributed by atoms with Crippen LogP contribution in [0.4, 0.5) is 0 Å². The van der Waals surface area contributed by atoms with E-state index in [1.54, 1.807) is 26.6 Å². The Morgan fingerprint density at radius 1 is 0.839 bits per heavy atom. The van der Waals surface area contributed by atoms with Crippen LogP contribution in [0.1, 0.15) is 93.4 Å². The fraction of sp³-hybridized carbons (Fsp3) is 0.846. The number of aliphatic carboxylic acids is 3. The van der Waals surface area contributed by atoms with Gasteiger partial charge in [0.2, 0.25) is 17.7 Å². The second-order valence-electron chi connectivity index (χ2n) is 16.3. The average Bonchev–Trinajstić information content (AvgIpc) is 3.54. The Morgan fingerprint density at radius 3 is 1.93 bits per heavy atom. The molecule has 2 unspecified atom stereocenters. The van der Waals surface area contributed by atoms with Crippen LogP contribution in [0.15, 0.2) is 0 Å². The molecule has 2 aliphatic heterocycles. The third-order valence-electron chi connectivity index (χ3n) is 9.98. The first kappa shape index (κ1) is 50.6. The van der Waals surface area contributed by atoms with Crippen LogP contribution < -0.4 is 10.6 Å². The first-order valence-electron chi connectivity index (χ1n) is 20.3. The van der Waals surface area contributed by atoms with Crippen LogP contribution in [-0.2, 0) is 33.5 Å². The lowest BCUT2D eigenvalue weighted by Gasteiger charge is -2.44. The molecule has 2 heterocycles. The summed E-state index contributed by atoms with van der Waals surface area (Å²) in [7, 11) is 1.66. The summed E-state index contributed by atoms with van der Waals surface area (Å²) in [5.41, 5.74) is -0.977. The van der Waals surface area contributed by atoms with Gasteiger partial charge in [-0.15, -0.1) is 0 Å². The maximum atomic E-state index is 13.5. The fourth-order valence-electron chi connectivity index (χ4n) is 7.00. The van der Waals surface area contributed by atoms with Crippen molar-refractivity contribution in [3.8, 4) is 0 Å². The van der Waals surface area contributed by atoms with Crippen LogP contribution in [0.5, 0.6) is 0 Å². The number of rotatable bonds is 24. The van der Waals surface area contributed by atoms with Gasteiger partial charge in [0.1, 0.15) is 0 Å². The van der Waals surface area contributed by atoms with Crippen molar-refractivity contribution in [3.05, 3.63) is 0 Å². The van der Waals surface area contributed by atoms with E-state index in [-0.39, 0.29) is 87.5 Å². The lowest BCUT2D eigenvalue weighted by Crippen LogP contribution is -2.59. The van der Waals surface area contributed by atoms with E-state index in [1.165, 1.54) is 0 Å². The minimum atomic E-state index is -1.06. The number of ether oxygens (including phenoxy) is 1. The SMILES string of the molecule is CC.CCCCOC(C)CNC(=O)CN(CC(=O)NCC(C)(C)C)C1CCN(C(=O)CCCCC2(N(C)CC(=O)O)CN(CC(=O)O)CCN(CC(=O)O)C2)C1. The highest BCUT2D eigenvalue weighted by Crippen LogP contribution is 2.28. The molecular weight excluding hydrogens is 726 g/mol. The van der Waals surface area contributed by atoms with Gasteiger partial charge < -0.3 is 35.6 Å². The Balaban J connectivity index is 0.00000771. The van der Waals surface area contributed by atoms with Crippen molar-refractivity contribution in [2.24, 2.45) is 5.41 Å². The highest BCUT2D eigenvalue weighted by molar-refractivity contribution is 5.81. The van der Waals surface area contributed by atoms with Crippen LogP contribution in [0.3, 0.4) is 0 Å². The lowest BCUT2D eigenvalue weighted by atomic mass is 9.88. The largest absolute Gasteiger partial charge is 0.480 e. The summed E-state index contributed by atoms with van der Waals surface area (Å²) in [5.74, 6) is -3.60. The zero-order valence-corrected chi connectivity index (χ0v) is 35.4. The van der Waals surface area contributed by atoms with E-state index in [1.807, 2.05) is 46.4 Å². The number of likely N-dealkylation sites (tertiary alicyclic amines) is 1. The van der Waals surface area contributed by atoms with E-state index >= 15 is 0 Å². The summed E-state index contributed by atoms with van der Waals surface area (Å²) in [6.45, 7) is 16.7. The zero-order chi connectivity index (χ0) is 42.5. The molecule has 2 atom stereocenters. The quantitative estimate of drug-likeness (QED) is 0.0877. The molecule has 0 aromatic carbocycles. The number of nitrogens with one attached hydrogen (secondary N) is 2. The standard InChI is InChI=1S/C37H67N7O10.C2H6/c1-7-8-17-54-28(2)18-38-30(45)20-44(21-31(46)39-25-36(3,4)5)29-12-14-43(19-29)32(47)11-9-10-13-37(40(6)22-33(48)49)26-41(23-34(50)51)15-16-42(27-37)24-35(52)53;1-2/h28-29H,7-27H2,1-6H3,(H,38,45)(H,39,46)(H,48,49)(H,50,51)(H,52,53);1-2H3. The van der Waals surface area contributed by atoms with Crippen molar-refractivity contribution >= 4 is 35.6 Å². The van der Waals surface area contributed by atoms with Gasteiger partial charge in [-0.05, 0) is 45.1 Å². The molecule has 2 aliphatic rings. The summed E-state index contributed by atoms with van der Waals surface area (Å²) in [5, 5.41) is 34.6. The van der Waals surface area contributed by atoms with Gasteiger partial charge >= 0.3 is 17.9 Å². The molecule has 17 heteroatoms. The molecule has 0 radical (unpaired) electrons. The minimum Gasteiger partial charge on any atom is -0.480 e. The lowest BCUT2D eigenvalue weighted by molar-refractivity contribution is -0.142. The summed E-state index contributed by atoms with van der Waals surface area (Å²) in [4.78, 5) is 83.3. The second-order valence-corrected chi connectivity index (χ2v) is 16.3. The Hall–Kier alpha value is -3.38. The Kier molecular flexibility index (Phi) is 23.3. The number of hydrogen-bond acceptors (Lipinski definition) is 11. The number of carbonyl (C=O) groups excluding carboxylic acids is 3. The summed E-state index contributed by atoms with van der Waals surface area (Å²) in [6.07, 6.45) is 4.08. The Morgan fingerprint density at radius 2 is 1.41 bits per heavy atom. The van der Waals surface area contributed by atoms with Crippen LogP contribution in [0.2, 0.25) is 0 Å². The van der Waals surface area contributed by atoms with Gasteiger partial charge in [0.15, 0.2) is 0 Å². The average molecular weight is 800 g/mol. The Bertz CT molecular complexity index is 1220. The van der Waals surface area contributed by atoms with Gasteiger partial charge in [0.05, 0.1) is 38.8 Å². The topological polar surface area (TPSA) is 213 Å². The number of likely N-dealkylation sites (N-methyl/N-ethyl adjacent to an activating group) is 1. The van der Waals surface area contributed by atoms with Crippen LogP contribution in [-0.4, -0.2) is 192 Å². The number of amides is 3. The first-order chi connectivity index (χ1) is 26.3. The first-order valence-corrected chi connectivity index (χ1v) is 20.3. The third kappa shape index (κ3) is 20.2. The van der Waals surface area contributed by atoms with Gasteiger partial charge in [-0.2, -0.15) is 0 Å². The van der Waals surface area contributed by atoms with Crippen molar-refractivity contribution in [2.45, 2.75) is 111 Å². The van der Waals surface area contributed by atoms with E-state index in [4.69, 9.17) is 4.74 Å².